The van der Waals surface area contributed by atoms with E-state index in [4.69, 9.17) is 10.2 Å². The third-order valence-electron chi connectivity index (χ3n) is 6.94. The number of nitrogens with one attached hydrogen (secondary N) is 2. The molecular formula is C28H62N4O5+2. The number of carboxylic acid groups (broad SMARTS) is 2. The number of hydrogen-bond donors (Lipinski definition) is 7. The Labute approximate surface area is 227 Å². The molecule has 0 bridgehead atoms. The summed E-state index contributed by atoms with van der Waals surface area (Å²) in [5.41, 5.74) is -1.33. The Morgan fingerprint density at radius 3 is 1.22 bits per heavy atom. The first-order valence-corrected chi connectivity index (χ1v) is 14.2. The summed E-state index contributed by atoms with van der Waals surface area (Å²) in [6.45, 7) is 16.8. The molecular weight excluding hydrogens is 472 g/mol. The smallest absolute Gasteiger partial charge is 0.309 e. The van der Waals surface area contributed by atoms with Gasteiger partial charge < -0.3 is 36.6 Å². The van der Waals surface area contributed by atoms with Crippen LogP contribution in [-0.4, -0.2) is 85.7 Å². The molecule has 0 atom stereocenters. The molecule has 2 saturated heterocycles. The van der Waals surface area contributed by atoms with E-state index in [1.807, 2.05) is 0 Å². The molecule has 9 N–H and O–H groups in total. The van der Waals surface area contributed by atoms with Crippen LogP contribution < -0.4 is 21.3 Å². The van der Waals surface area contributed by atoms with Gasteiger partial charge in [0.15, 0.2) is 0 Å². The normalized spacial score (nSPS) is 15.9. The molecule has 2 aliphatic rings. The zero-order valence-electron chi connectivity index (χ0n) is 23.6. The van der Waals surface area contributed by atoms with Crippen LogP contribution in [0.3, 0.4) is 0 Å². The molecule has 0 aromatic rings. The van der Waals surface area contributed by atoms with E-state index in [1.165, 1.54) is 52.4 Å². The average molecular weight is 535 g/mol. The summed E-state index contributed by atoms with van der Waals surface area (Å²) in [5.74, 6) is -1.51. The van der Waals surface area contributed by atoms with Crippen LogP contribution >= 0.6 is 0 Å². The molecule has 37 heavy (non-hydrogen) atoms. The fraction of sp³-hybridized carbons (Fsp3) is 0.929. The van der Waals surface area contributed by atoms with Gasteiger partial charge in [0.1, 0.15) is 0 Å². The second-order valence-corrected chi connectivity index (χ2v) is 11.5. The highest BCUT2D eigenvalue weighted by atomic mass is 16.4. The number of unbranched alkanes of at least 4 members (excludes halogenated alkanes) is 4. The molecule has 0 amide bonds. The first-order valence-electron chi connectivity index (χ1n) is 14.2. The highest BCUT2D eigenvalue weighted by Crippen LogP contribution is 2.25. The fourth-order valence-electron chi connectivity index (χ4n) is 3.96. The van der Waals surface area contributed by atoms with Crippen molar-refractivity contribution >= 4 is 11.9 Å². The average Bonchev–Trinajstić information content (AvgIpc) is 2.86. The van der Waals surface area contributed by atoms with Crippen LogP contribution in [0.25, 0.3) is 0 Å². The van der Waals surface area contributed by atoms with E-state index in [9.17, 15) is 14.7 Å². The first kappa shape index (κ1) is 37.9. The molecule has 2 heterocycles. The lowest BCUT2D eigenvalue weighted by molar-refractivity contribution is -0.657. The van der Waals surface area contributed by atoms with Crippen LogP contribution in [0.5, 0.6) is 0 Å². The van der Waals surface area contributed by atoms with Crippen LogP contribution in [0.2, 0.25) is 0 Å². The zero-order chi connectivity index (χ0) is 27.3. The molecule has 0 spiro atoms. The van der Waals surface area contributed by atoms with Crippen LogP contribution in [0.4, 0.5) is 0 Å². The van der Waals surface area contributed by atoms with Gasteiger partial charge in [-0.25, -0.2) is 0 Å². The van der Waals surface area contributed by atoms with E-state index >= 15 is 0 Å². The number of carboxylic acids is 2. The van der Waals surface area contributed by atoms with Crippen molar-refractivity contribution in [3.8, 4) is 0 Å². The van der Waals surface area contributed by atoms with E-state index in [0.29, 0.717) is 12.8 Å². The van der Waals surface area contributed by atoms with Gasteiger partial charge in [-0.2, -0.15) is 0 Å². The maximum atomic E-state index is 11.0. The Hall–Kier alpha value is -1.26. The number of rotatable bonds is 14. The minimum absolute atomic E-state index is 0. The number of piperazine rings is 2. The lowest BCUT2D eigenvalue weighted by atomic mass is 9.86. The molecule has 0 radical (unpaired) electrons. The first-order chi connectivity index (χ1) is 17.0. The van der Waals surface area contributed by atoms with Gasteiger partial charge in [0.05, 0.1) is 43.1 Å². The standard InChI is InChI=1S/C19H36O5.2C4H10N2.CH4/c1-18(2,16(21)22)13-9-5-7-11-15(20)12-8-6-10-14-19(3,4)17(23)24;2*1-2-6-4-3-5-1;/h15,20H,5-14H2,1-4H3,(H,21,22)(H,23,24);2*5-6H,1-4H2;1H4/p+2. The van der Waals surface area contributed by atoms with E-state index in [1.54, 1.807) is 27.7 Å². The quantitative estimate of drug-likeness (QED) is 0.166. The molecule has 9 nitrogen and oxygen atoms in total. The van der Waals surface area contributed by atoms with Crippen molar-refractivity contribution < 1.29 is 35.5 Å². The van der Waals surface area contributed by atoms with Crippen molar-refractivity contribution in [1.29, 1.82) is 0 Å². The fourth-order valence-corrected chi connectivity index (χ4v) is 3.96. The predicted molar refractivity (Wildman–Crippen MR) is 151 cm³/mol. The Morgan fingerprint density at radius 2 is 1.00 bits per heavy atom. The van der Waals surface area contributed by atoms with E-state index in [0.717, 1.165) is 51.4 Å². The number of quaternary nitrogens is 2. The predicted octanol–water partition coefficient (Wildman–Crippen LogP) is 1.41. The molecule has 2 rings (SSSR count). The Morgan fingerprint density at radius 1 is 0.676 bits per heavy atom. The number of aliphatic hydroxyl groups is 1. The van der Waals surface area contributed by atoms with Crippen LogP contribution in [0, 0.1) is 10.8 Å². The maximum absolute atomic E-state index is 11.0. The molecule has 9 heteroatoms. The van der Waals surface area contributed by atoms with E-state index in [-0.39, 0.29) is 13.5 Å². The van der Waals surface area contributed by atoms with Crippen LogP contribution in [0.15, 0.2) is 0 Å². The molecule has 0 saturated carbocycles. The molecule has 222 valence electrons. The number of aliphatic carboxylic acids is 2. The van der Waals surface area contributed by atoms with Gasteiger partial charge in [0, 0.05) is 26.2 Å². The van der Waals surface area contributed by atoms with Crippen molar-refractivity contribution in [2.45, 2.75) is 105 Å². The molecule has 0 aromatic heterocycles. The number of nitrogens with two attached hydrogens (primary N) is 2. The number of hydrogen-bond acceptors (Lipinski definition) is 5. The third-order valence-corrected chi connectivity index (χ3v) is 6.94. The monoisotopic (exact) mass is 534 g/mol. The molecule has 0 unspecified atom stereocenters. The summed E-state index contributed by atoms with van der Waals surface area (Å²) in [5, 5.41) is 39.2. The minimum Gasteiger partial charge on any atom is -0.481 e. The zero-order valence-corrected chi connectivity index (χ0v) is 23.6. The van der Waals surface area contributed by atoms with Crippen LogP contribution in [0.1, 0.15) is 99.3 Å². The largest absolute Gasteiger partial charge is 0.481 e. The minimum atomic E-state index is -0.756. The SMILES string of the molecule is C.C1C[NH2+]CCN1.C1C[NH2+]CCN1.CC(C)(CCCCCC(O)CCCCCC(C)(C)C(=O)O)C(=O)O. The number of aliphatic hydroxyl groups excluding tert-OH is 1. The number of carbonyl (C=O) groups is 2. The van der Waals surface area contributed by atoms with Gasteiger partial charge >= 0.3 is 11.9 Å². The Kier molecular flexibility index (Phi) is 23.2. The lowest BCUT2D eigenvalue weighted by Crippen LogP contribution is -2.89. The molecule has 0 aromatic carbocycles. The lowest BCUT2D eigenvalue weighted by Gasteiger charge is -2.19. The topological polar surface area (TPSA) is 152 Å². The van der Waals surface area contributed by atoms with Crippen molar-refractivity contribution in [1.82, 2.24) is 10.6 Å². The summed E-state index contributed by atoms with van der Waals surface area (Å²) in [4.78, 5) is 22.0. The van der Waals surface area contributed by atoms with E-state index < -0.39 is 22.8 Å². The van der Waals surface area contributed by atoms with Crippen LogP contribution in [-0.2, 0) is 9.59 Å². The van der Waals surface area contributed by atoms with Gasteiger partial charge in [0.25, 0.3) is 0 Å². The highest BCUT2D eigenvalue weighted by molar-refractivity contribution is 5.73. The van der Waals surface area contributed by atoms with Gasteiger partial charge in [-0.1, -0.05) is 46.0 Å². The summed E-state index contributed by atoms with van der Waals surface area (Å²) in [6, 6.07) is 0. The Balaban J connectivity index is 0. The third kappa shape index (κ3) is 22.4. The summed E-state index contributed by atoms with van der Waals surface area (Å²) in [7, 11) is 0. The van der Waals surface area contributed by atoms with Crippen molar-refractivity contribution in [2.75, 3.05) is 52.4 Å². The van der Waals surface area contributed by atoms with Gasteiger partial charge in [-0.15, -0.1) is 0 Å². The summed E-state index contributed by atoms with van der Waals surface area (Å²) in [6.07, 6.45) is 8.02. The van der Waals surface area contributed by atoms with Gasteiger partial charge in [-0.3, -0.25) is 9.59 Å². The summed E-state index contributed by atoms with van der Waals surface area (Å²) >= 11 is 0. The second kappa shape index (κ2) is 22.7. The van der Waals surface area contributed by atoms with Crippen molar-refractivity contribution in [2.24, 2.45) is 10.8 Å². The van der Waals surface area contributed by atoms with Crippen molar-refractivity contribution in [3.63, 3.8) is 0 Å². The van der Waals surface area contributed by atoms with Gasteiger partial charge in [-0.05, 0) is 53.4 Å². The maximum Gasteiger partial charge on any atom is 0.309 e. The van der Waals surface area contributed by atoms with Gasteiger partial charge in [0.2, 0.25) is 0 Å². The molecule has 2 aliphatic heterocycles. The molecule has 0 aliphatic carbocycles. The Bertz CT molecular complexity index is 494. The van der Waals surface area contributed by atoms with E-state index in [2.05, 4.69) is 21.3 Å². The highest BCUT2D eigenvalue weighted by Gasteiger charge is 2.26. The van der Waals surface area contributed by atoms with Crippen molar-refractivity contribution in [3.05, 3.63) is 0 Å². The summed E-state index contributed by atoms with van der Waals surface area (Å²) < 4.78 is 0. The molecule has 2 fully saturated rings. The second-order valence-electron chi connectivity index (χ2n) is 11.5.